The Morgan fingerprint density at radius 2 is 2.23 bits per heavy atom. The van der Waals surface area contributed by atoms with Gasteiger partial charge < -0.3 is 4.98 Å². The van der Waals surface area contributed by atoms with Crippen molar-refractivity contribution >= 4 is 11.0 Å². The Bertz CT molecular complexity index is 504. The van der Waals surface area contributed by atoms with Gasteiger partial charge in [0.1, 0.15) is 17.4 Å². The van der Waals surface area contributed by atoms with Crippen molar-refractivity contribution in [1.82, 2.24) is 15.0 Å². The van der Waals surface area contributed by atoms with Crippen molar-refractivity contribution in [2.45, 2.75) is 13.8 Å². The monoisotopic (exact) mass is 172 g/mol. The molecule has 2 heterocycles. The van der Waals surface area contributed by atoms with Crippen molar-refractivity contribution < 1.29 is 0 Å². The molecule has 0 unspecified atom stereocenters. The molecule has 0 radical (unpaired) electrons. The summed E-state index contributed by atoms with van der Waals surface area (Å²) in [5, 5.41) is 8.87. The lowest BCUT2D eigenvalue weighted by Gasteiger charge is -1.90. The molecule has 2 aromatic rings. The van der Waals surface area contributed by atoms with E-state index in [0.717, 1.165) is 11.2 Å². The third kappa shape index (κ3) is 1.05. The fourth-order valence-corrected chi connectivity index (χ4v) is 1.33. The highest BCUT2D eigenvalue weighted by atomic mass is 14.9. The fraction of sp³-hybridized carbons (Fsp3) is 0.222. The van der Waals surface area contributed by atoms with Crippen LogP contribution in [0.25, 0.3) is 11.0 Å². The van der Waals surface area contributed by atoms with Gasteiger partial charge >= 0.3 is 0 Å². The molecule has 0 fully saturated rings. The van der Waals surface area contributed by atoms with Crippen LogP contribution in [0.3, 0.4) is 0 Å². The molecular weight excluding hydrogens is 164 g/mol. The molecule has 4 nitrogen and oxygen atoms in total. The number of hydrogen-bond donors (Lipinski definition) is 1. The molecule has 0 amide bonds. The van der Waals surface area contributed by atoms with E-state index in [1.807, 2.05) is 13.8 Å². The van der Waals surface area contributed by atoms with E-state index in [1.165, 1.54) is 0 Å². The number of rotatable bonds is 0. The normalized spacial score (nSPS) is 10.2. The summed E-state index contributed by atoms with van der Waals surface area (Å²) in [6.45, 7) is 3.67. The molecule has 0 saturated heterocycles. The van der Waals surface area contributed by atoms with E-state index in [9.17, 15) is 0 Å². The van der Waals surface area contributed by atoms with Crippen molar-refractivity contribution in [3.05, 3.63) is 23.3 Å². The first-order valence-electron chi connectivity index (χ1n) is 3.94. The maximum absolute atomic E-state index is 8.87. The fourth-order valence-electron chi connectivity index (χ4n) is 1.33. The minimum Gasteiger partial charge on any atom is -0.355 e. The van der Waals surface area contributed by atoms with Gasteiger partial charge in [0.15, 0.2) is 0 Å². The molecule has 0 spiro atoms. The second-order valence-electron chi connectivity index (χ2n) is 2.92. The quantitative estimate of drug-likeness (QED) is 0.654. The number of fused-ring (bicyclic) bond motifs is 1. The Hall–Kier alpha value is -1.89. The Labute approximate surface area is 75.2 Å². The Morgan fingerprint density at radius 1 is 1.46 bits per heavy atom. The number of nitrogens with zero attached hydrogens (tertiary/aromatic N) is 3. The molecule has 2 rings (SSSR count). The zero-order chi connectivity index (χ0) is 9.42. The van der Waals surface area contributed by atoms with Crippen LogP contribution >= 0.6 is 0 Å². The van der Waals surface area contributed by atoms with E-state index in [2.05, 4.69) is 21.0 Å². The average Bonchev–Trinajstić information content (AvgIpc) is 2.40. The van der Waals surface area contributed by atoms with Crippen LogP contribution in [0.5, 0.6) is 0 Å². The van der Waals surface area contributed by atoms with Crippen LogP contribution in [0.15, 0.2) is 6.20 Å². The standard InChI is InChI=1S/C9H8N4/c1-5-7(3-10)9-8(12-5)4-11-6(2)13-9/h4,12H,1-2H3. The highest BCUT2D eigenvalue weighted by molar-refractivity contribution is 5.82. The Kier molecular flexibility index (Phi) is 1.52. The van der Waals surface area contributed by atoms with Gasteiger partial charge in [-0.2, -0.15) is 5.26 Å². The van der Waals surface area contributed by atoms with E-state index in [4.69, 9.17) is 5.26 Å². The van der Waals surface area contributed by atoms with E-state index >= 15 is 0 Å². The van der Waals surface area contributed by atoms with Crippen LogP contribution in [-0.4, -0.2) is 15.0 Å². The molecule has 0 aliphatic carbocycles. The predicted octanol–water partition coefficient (Wildman–Crippen LogP) is 1.45. The number of aromatic amines is 1. The van der Waals surface area contributed by atoms with Gasteiger partial charge in [0.25, 0.3) is 0 Å². The Morgan fingerprint density at radius 3 is 2.92 bits per heavy atom. The molecule has 0 saturated carbocycles. The number of aromatic nitrogens is 3. The molecule has 2 aromatic heterocycles. The van der Waals surface area contributed by atoms with Crippen LogP contribution in [0.4, 0.5) is 0 Å². The van der Waals surface area contributed by atoms with Crippen LogP contribution in [-0.2, 0) is 0 Å². The second kappa shape index (κ2) is 2.56. The maximum Gasteiger partial charge on any atom is 0.126 e. The molecule has 0 aliphatic rings. The van der Waals surface area contributed by atoms with Crippen LogP contribution in [0, 0.1) is 25.2 Å². The number of hydrogen-bond acceptors (Lipinski definition) is 3. The molecule has 1 N–H and O–H groups in total. The molecule has 13 heavy (non-hydrogen) atoms. The topological polar surface area (TPSA) is 65.4 Å². The number of nitrogens with one attached hydrogen (secondary N) is 1. The first-order valence-corrected chi connectivity index (χ1v) is 3.94. The van der Waals surface area contributed by atoms with Crippen LogP contribution in [0.1, 0.15) is 17.1 Å². The lowest BCUT2D eigenvalue weighted by Crippen LogP contribution is -1.86. The summed E-state index contributed by atoms with van der Waals surface area (Å²) in [5.74, 6) is 0.683. The van der Waals surface area contributed by atoms with E-state index < -0.39 is 0 Å². The van der Waals surface area contributed by atoms with Gasteiger partial charge in [-0.25, -0.2) is 9.97 Å². The molecule has 4 heteroatoms. The number of H-pyrrole nitrogens is 1. The lowest BCUT2D eigenvalue weighted by molar-refractivity contribution is 1.09. The largest absolute Gasteiger partial charge is 0.355 e. The third-order valence-corrected chi connectivity index (χ3v) is 1.95. The summed E-state index contributed by atoms with van der Waals surface area (Å²) < 4.78 is 0. The van der Waals surface area contributed by atoms with Crippen molar-refractivity contribution in [2.24, 2.45) is 0 Å². The van der Waals surface area contributed by atoms with Gasteiger partial charge in [-0.05, 0) is 13.8 Å². The first kappa shape index (κ1) is 7.74. The first-order chi connectivity index (χ1) is 6.22. The SMILES string of the molecule is Cc1ncc2[nH]c(C)c(C#N)c2n1. The molecular formula is C9H8N4. The maximum atomic E-state index is 8.87. The molecule has 0 atom stereocenters. The van der Waals surface area contributed by atoms with Crippen molar-refractivity contribution in [1.29, 1.82) is 5.26 Å². The summed E-state index contributed by atoms with van der Waals surface area (Å²) in [5.41, 5.74) is 2.99. The van der Waals surface area contributed by atoms with Crippen LogP contribution in [0.2, 0.25) is 0 Å². The highest BCUT2D eigenvalue weighted by Gasteiger charge is 2.08. The Balaban J connectivity index is 2.91. The number of nitriles is 1. The lowest BCUT2D eigenvalue weighted by atomic mass is 10.2. The van der Waals surface area contributed by atoms with Gasteiger partial charge in [0, 0.05) is 5.69 Å². The van der Waals surface area contributed by atoms with Gasteiger partial charge in [-0.3, -0.25) is 0 Å². The second-order valence-corrected chi connectivity index (χ2v) is 2.92. The van der Waals surface area contributed by atoms with E-state index in [-0.39, 0.29) is 0 Å². The summed E-state index contributed by atoms with van der Waals surface area (Å²) in [4.78, 5) is 11.3. The summed E-state index contributed by atoms with van der Waals surface area (Å²) in [6, 6.07) is 2.12. The van der Waals surface area contributed by atoms with Crippen LogP contribution < -0.4 is 0 Å². The van der Waals surface area contributed by atoms with Gasteiger partial charge in [0.05, 0.1) is 17.3 Å². The highest BCUT2D eigenvalue weighted by Crippen LogP contribution is 2.17. The van der Waals surface area contributed by atoms with Gasteiger partial charge in [-0.1, -0.05) is 0 Å². The molecule has 0 aromatic carbocycles. The summed E-state index contributed by atoms with van der Waals surface area (Å²) in [7, 11) is 0. The third-order valence-electron chi connectivity index (χ3n) is 1.95. The zero-order valence-electron chi connectivity index (χ0n) is 7.42. The summed E-state index contributed by atoms with van der Waals surface area (Å²) in [6.07, 6.45) is 1.70. The molecule has 0 bridgehead atoms. The van der Waals surface area contributed by atoms with E-state index in [0.29, 0.717) is 16.9 Å². The smallest absolute Gasteiger partial charge is 0.126 e. The summed E-state index contributed by atoms with van der Waals surface area (Å²) >= 11 is 0. The van der Waals surface area contributed by atoms with Gasteiger partial charge in [0.2, 0.25) is 0 Å². The van der Waals surface area contributed by atoms with E-state index in [1.54, 1.807) is 6.20 Å². The minimum absolute atomic E-state index is 0.612. The van der Waals surface area contributed by atoms with Crippen molar-refractivity contribution in [3.8, 4) is 6.07 Å². The predicted molar refractivity (Wildman–Crippen MR) is 48.1 cm³/mol. The average molecular weight is 172 g/mol. The minimum atomic E-state index is 0.612. The van der Waals surface area contributed by atoms with Gasteiger partial charge in [-0.15, -0.1) is 0 Å². The number of aryl methyl sites for hydroxylation is 2. The molecule has 0 aliphatic heterocycles. The zero-order valence-corrected chi connectivity index (χ0v) is 7.42. The molecule has 64 valence electrons. The van der Waals surface area contributed by atoms with Crippen molar-refractivity contribution in [3.63, 3.8) is 0 Å². The van der Waals surface area contributed by atoms with Crippen molar-refractivity contribution in [2.75, 3.05) is 0 Å².